The number of hydrogen-bond donors (Lipinski definition) is 2. The van der Waals surface area contributed by atoms with Crippen LogP contribution in [0, 0.1) is 11.8 Å². The molecule has 2 atom stereocenters. The number of anilines is 1. The monoisotopic (exact) mass is 490 g/mol. The summed E-state index contributed by atoms with van der Waals surface area (Å²) < 4.78 is 16.1. The van der Waals surface area contributed by atoms with Gasteiger partial charge in [0.25, 0.3) is 0 Å². The third kappa shape index (κ3) is 4.86. The molecule has 9 heteroatoms. The molecule has 2 amide bonds. The Morgan fingerprint density at radius 2 is 1.92 bits per heavy atom. The van der Waals surface area contributed by atoms with Gasteiger partial charge < -0.3 is 29.7 Å². The van der Waals surface area contributed by atoms with Gasteiger partial charge >= 0.3 is 6.09 Å². The van der Waals surface area contributed by atoms with Crippen molar-refractivity contribution in [1.29, 1.82) is 0 Å². The first-order chi connectivity index (χ1) is 17.6. The second-order valence-corrected chi connectivity index (χ2v) is 9.02. The summed E-state index contributed by atoms with van der Waals surface area (Å²) in [4.78, 5) is 30.9. The summed E-state index contributed by atoms with van der Waals surface area (Å²) in [5, 5.41) is 6.45. The fraction of sp³-hybridized carbons (Fsp3) is 0.370. The molecule has 0 radical (unpaired) electrons. The minimum atomic E-state index is -0.485. The van der Waals surface area contributed by atoms with Gasteiger partial charge in [-0.25, -0.2) is 9.78 Å². The predicted molar refractivity (Wildman–Crippen MR) is 136 cm³/mol. The summed E-state index contributed by atoms with van der Waals surface area (Å²) in [5.41, 5.74) is 3.70. The number of hydrogen-bond acceptors (Lipinski definition) is 7. The fourth-order valence-corrected chi connectivity index (χ4v) is 4.98. The van der Waals surface area contributed by atoms with E-state index in [1.807, 2.05) is 42.5 Å². The highest BCUT2D eigenvalue weighted by molar-refractivity contribution is 5.95. The van der Waals surface area contributed by atoms with E-state index in [-0.39, 0.29) is 25.0 Å². The Bertz CT molecular complexity index is 1260. The summed E-state index contributed by atoms with van der Waals surface area (Å²) >= 11 is 0. The molecule has 0 saturated carbocycles. The number of nitrogens with one attached hydrogen (secondary N) is 2. The number of alkyl carbamates (subject to hydrolysis) is 1. The van der Waals surface area contributed by atoms with E-state index in [0.717, 1.165) is 53.1 Å². The van der Waals surface area contributed by atoms with Gasteiger partial charge in [0, 0.05) is 49.4 Å². The van der Waals surface area contributed by atoms with Crippen LogP contribution in [0.1, 0.15) is 6.42 Å². The Kier molecular flexibility index (Phi) is 6.79. The molecule has 2 aromatic carbocycles. The number of pyridine rings is 1. The van der Waals surface area contributed by atoms with E-state index in [0.29, 0.717) is 18.2 Å². The van der Waals surface area contributed by atoms with Gasteiger partial charge in [-0.05, 0) is 54.8 Å². The Balaban J connectivity index is 1.41. The Labute approximate surface area is 209 Å². The third-order valence-corrected chi connectivity index (χ3v) is 6.87. The number of piperidine rings is 1. The van der Waals surface area contributed by atoms with Gasteiger partial charge in [-0.1, -0.05) is 0 Å². The number of aromatic nitrogens is 1. The van der Waals surface area contributed by atoms with Gasteiger partial charge in [0.1, 0.15) is 24.7 Å². The van der Waals surface area contributed by atoms with Gasteiger partial charge in [0.05, 0.1) is 24.2 Å². The van der Waals surface area contributed by atoms with E-state index in [9.17, 15) is 9.59 Å². The summed E-state index contributed by atoms with van der Waals surface area (Å²) in [7, 11) is 3.16. The molecular weight excluding hydrogens is 460 g/mol. The first-order valence-electron chi connectivity index (χ1n) is 12.1. The van der Waals surface area contributed by atoms with E-state index in [1.54, 1.807) is 7.11 Å². The number of ether oxygens (including phenoxy) is 3. The lowest BCUT2D eigenvalue weighted by molar-refractivity contribution is -0.127. The zero-order valence-corrected chi connectivity index (χ0v) is 20.5. The zero-order chi connectivity index (χ0) is 25.1. The van der Waals surface area contributed by atoms with Crippen molar-refractivity contribution in [1.82, 2.24) is 15.6 Å². The predicted octanol–water partition coefficient (Wildman–Crippen LogP) is 3.22. The van der Waals surface area contributed by atoms with Gasteiger partial charge in [-0.15, -0.1) is 0 Å². The van der Waals surface area contributed by atoms with Gasteiger partial charge in [-0.2, -0.15) is 0 Å². The van der Waals surface area contributed by atoms with Gasteiger partial charge in [0.15, 0.2) is 0 Å². The lowest BCUT2D eigenvalue weighted by atomic mass is 9.89. The lowest BCUT2D eigenvalue weighted by Gasteiger charge is -2.23. The van der Waals surface area contributed by atoms with Crippen molar-refractivity contribution in [2.75, 3.05) is 51.9 Å². The van der Waals surface area contributed by atoms with E-state index < -0.39 is 6.09 Å². The van der Waals surface area contributed by atoms with Crippen LogP contribution in [0.5, 0.6) is 11.5 Å². The summed E-state index contributed by atoms with van der Waals surface area (Å²) in [6.45, 7) is 2.73. The van der Waals surface area contributed by atoms with Crippen molar-refractivity contribution in [3.8, 4) is 22.8 Å². The topological polar surface area (TPSA) is 102 Å². The molecule has 2 aliphatic heterocycles. The van der Waals surface area contributed by atoms with E-state index >= 15 is 0 Å². The average Bonchev–Trinajstić information content (AvgIpc) is 3.36. The zero-order valence-electron chi connectivity index (χ0n) is 20.5. The number of carbonyl (C=O) groups excluding carboxylic acids is 2. The van der Waals surface area contributed by atoms with Gasteiger partial charge in [-0.3, -0.25) is 4.79 Å². The molecule has 36 heavy (non-hydrogen) atoms. The molecular formula is C27H30N4O5. The Hall–Kier alpha value is -4.01. The second kappa shape index (κ2) is 10.3. The number of carbonyl (C=O) groups is 2. The fourth-order valence-electron chi connectivity index (χ4n) is 4.98. The van der Waals surface area contributed by atoms with Crippen LogP contribution >= 0.6 is 0 Å². The molecule has 0 unspecified atom stereocenters. The number of benzene rings is 2. The molecule has 2 aliphatic rings. The van der Waals surface area contributed by atoms with Crippen LogP contribution in [-0.4, -0.2) is 64.0 Å². The molecule has 0 bridgehead atoms. The minimum absolute atomic E-state index is 0.0208. The van der Waals surface area contributed by atoms with Crippen molar-refractivity contribution in [3.63, 3.8) is 0 Å². The molecule has 2 saturated heterocycles. The van der Waals surface area contributed by atoms with Crippen LogP contribution < -0.4 is 25.0 Å². The number of methoxy groups -OCH3 is 1. The number of rotatable bonds is 7. The molecule has 9 nitrogen and oxygen atoms in total. The van der Waals surface area contributed by atoms with Crippen molar-refractivity contribution >= 4 is 28.6 Å². The lowest BCUT2D eigenvalue weighted by Crippen LogP contribution is -2.41. The van der Waals surface area contributed by atoms with E-state index in [2.05, 4.69) is 21.6 Å². The van der Waals surface area contributed by atoms with Crippen LogP contribution in [0.25, 0.3) is 22.2 Å². The minimum Gasteiger partial charge on any atom is -0.497 e. The number of nitrogens with zero attached hydrogens (tertiary/aromatic N) is 2. The normalized spacial score (nSPS) is 18.9. The van der Waals surface area contributed by atoms with Crippen molar-refractivity contribution in [2.45, 2.75) is 6.42 Å². The summed E-state index contributed by atoms with van der Waals surface area (Å²) in [6.07, 6.45) is 0.522. The third-order valence-electron chi connectivity index (χ3n) is 6.87. The van der Waals surface area contributed by atoms with Crippen LogP contribution in [0.4, 0.5) is 10.5 Å². The summed E-state index contributed by atoms with van der Waals surface area (Å²) in [6, 6.07) is 15.7. The average molecular weight is 491 g/mol. The maximum atomic E-state index is 12.5. The van der Waals surface area contributed by atoms with E-state index in [4.69, 9.17) is 19.2 Å². The second-order valence-electron chi connectivity index (χ2n) is 9.02. The van der Waals surface area contributed by atoms with E-state index in [1.165, 1.54) is 7.05 Å². The molecule has 2 N–H and O–H groups in total. The number of fused-ring (bicyclic) bond motifs is 2. The van der Waals surface area contributed by atoms with Gasteiger partial charge in [0.2, 0.25) is 5.91 Å². The first kappa shape index (κ1) is 23.7. The highest BCUT2D eigenvalue weighted by atomic mass is 16.6. The largest absolute Gasteiger partial charge is 0.497 e. The Morgan fingerprint density at radius 1 is 1.11 bits per heavy atom. The molecule has 0 aliphatic carbocycles. The smallest absolute Gasteiger partial charge is 0.406 e. The van der Waals surface area contributed by atoms with Crippen LogP contribution in [0.15, 0.2) is 48.5 Å². The quantitative estimate of drug-likeness (QED) is 0.491. The van der Waals surface area contributed by atoms with Crippen molar-refractivity contribution in [2.24, 2.45) is 11.8 Å². The molecule has 2 fully saturated rings. The Morgan fingerprint density at radius 3 is 2.67 bits per heavy atom. The molecule has 188 valence electrons. The van der Waals surface area contributed by atoms with Crippen LogP contribution in [-0.2, 0) is 9.53 Å². The molecule has 3 aromatic rings. The molecule has 1 aromatic heterocycles. The maximum absolute atomic E-state index is 12.5. The van der Waals surface area contributed by atoms with Crippen molar-refractivity contribution in [3.05, 3.63) is 48.5 Å². The van der Waals surface area contributed by atoms with Crippen LogP contribution in [0.3, 0.4) is 0 Å². The molecule has 0 spiro atoms. The summed E-state index contributed by atoms with van der Waals surface area (Å²) in [5.74, 6) is 1.97. The van der Waals surface area contributed by atoms with Crippen LogP contribution in [0.2, 0.25) is 0 Å². The molecule has 5 rings (SSSR count). The standard InChI is InChI=1S/C27H30N4O5/c1-28-27(33)36-12-11-35-19-5-3-17(4-6-19)23-14-25(21-8-7-20(34-2)13-24(21)30-23)31-15-18-9-10-29-26(32)22(18)16-31/h3-8,13-14,18,22H,9-12,15-16H2,1-2H3,(H,28,33)(H,29,32)/t18-,22+/m0/s1. The highest BCUT2D eigenvalue weighted by Crippen LogP contribution is 2.38. The number of amides is 2. The molecule has 3 heterocycles. The SMILES string of the molecule is CNC(=O)OCCOc1ccc(-c2cc(N3C[C@@H]4CCNC(=O)[C@@H]4C3)c3ccc(OC)cc3n2)cc1. The first-order valence-corrected chi connectivity index (χ1v) is 12.1. The maximum Gasteiger partial charge on any atom is 0.406 e. The highest BCUT2D eigenvalue weighted by Gasteiger charge is 2.40. The van der Waals surface area contributed by atoms with Crippen molar-refractivity contribution < 1.29 is 23.8 Å².